The lowest BCUT2D eigenvalue weighted by Gasteiger charge is -2.18. The van der Waals surface area contributed by atoms with Crippen LogP contribution in [-0.4, -0.2) is 12.1 Å². The third-order valence-electron chi connectivity index (χ3n) is 3.26. The molecule has 1 heterocycles. The first-order chi connectivity index (χ1) is 9.74. The predicted molar refractivity (Wildman–Crippen MR) is 82.1 cm³/mol. The molecule has 0 saturated heterocycles. The third kappa shape index (κ3) is 3.71. The van der Waals surface area contributed by atoms with E-state index in [9.17, 15) is 0 Å². The molecule has 106 valence electrons. The minimum atomic E-state index is 0.289. The van der Waals surface area contributed by atoms with Gasteiger partial charge in [-0.15, -0.1) is 0 Å². The Balaban J connectivity index is 2.05. The summed E-state index contributed by atoms with van der Waals surface area (Å²) in [7, 11) is 1.64. The number of ether oxygens (including phenoxy) is 1. The van der Waals surface area contributed by atoms with Crippen molar-refractivity contribution in [2.75, 3.05) is 7.11 Å². The fourth-order valence-corrected chi connectivity index (χ4v) is 2.29. The number of nitrogens with zero attached hydrogens (tertiary/aromatic N) is 1. The van der Waals surface area contributed by atoms with Gasteiger partial charge >= 0.3 is 0 Å². The van der Waals surface area contributed by atoms with Crippen LogP contribution in [0.2, 0.25) is 5.02 Å². The number of aromatic nitrogens is 1. The fourth-order valence-electron chi connectivity index (χ4n) is 2.17. The third-order valence-corrected chi connectivity index (χ3v) is 3.51. The Bertz CT molecular complexity index is 542. The molecule has 0 aliphatic heterocycles. The largest absolute Gasteiger partial charge is 0.481 e. The average molecular weight is 291 g/mol. The number of rotatable bonds is 6. The number of benzene rings is 1. The van der Waals surface area contributed by atoms with Crippen LogP contribution in [0, 0.1) is 0 Å². The molecule has 0 aliphatic carbocycles. The Morgan fingerprint density at radius 1 is 1.25 bits per heavy atom. The summed E-state index contributed by atoms with van der Waals surface area (Å²) in [5, 5.41) is 4.29. The summed E-state index contributed by atoms with van der Waals surface area (Å²) in [6, 6.07) is 12.2. The topological polar surface area (TPSA) is 34.2 Å². The average Bonchev–Trinajstić information content (AvgIpc) is 2.50. The van der Waals surface area contributed by atoms with E-state index in [0.717, 1.165) is 23.6 Å². The molecular formula is C16H19ClN2O. The first kappa shape index (κ1) is 14.8. The van der Waals surface area contributed by atoms with Crippen molar-refractivity contribution in [3.8, 4) is 5.88 Å². The van der Waals surface area contributed by atoms with Crippen LogP contribution in [0.25, 0.3) is 0 Å². The molecule has 4 heteroatoms. The maximum absolute atomic E-state index is 5.93. The van der Waals surface area contributed by atoms with Crippen molar-refractivity contribution in [3.63, 3.8) is 0 Å². The van der Waals surface area contributed by atoms with Crippen molar-refractivity contribution in [1.29, 1.82) is 0 Å². The molecule has 20 heavy (non-hydrogen) atoms. The minimum absolute atomic E-state index is 0.289. The summed E-state index contributed by atoms with van der Waals surface area (Å²) in [5.41, 5.74) is 2.29. The van der Waals surface area contributed by atoms with Gasteiger partial charge in [-0.1, -0.05) is 36.7 Å². The standard InChI is InChI=1S/C16H19ClN2O/c1-3-15(12-6-8-14(17)9-7-12)19-11-13-5-4-10-18-16(13)20-2/h4-10,15,19H,3,11H2,1-2H3. The van der Waals surface area contributed by atoms with Gasteiger partial charge in [0.2, 0.25) is 5.88 Å². The molecule has 0 aliphatic rings. The van der Waals surface area contributed by atoms with E-state index >= 15 is 0 Å². The van der Waals surface area contributed by atoms with Crippen molar-refractivity contribution >= 4 is 11.6 Å². The highest BCUT2D eigenvalue weighted by molar-refractivity contribution is 6.30. The van der Waals surface area contributed by atoms with Crippen molar-refractivity contribution in [1.82, 2.24) is 10.3 Å². The predicted octanol–water partition coefficient (Wildman–Crippen LogP) is 3.98. The quantitative estimate of drug-likeness (QED) is 0.873. The van der Waals surface area contributed by atoms with E-state index in [1.54, 1.807) is 13.3 Å². The Morgan fingerprint density at radius 3 is 2.65 bits per heavy atom. The van der Waals surface area contributed by atoms with E-state index in [4.69, 9.17) is 16.3 Å². The Kier molecular flexibility index (Phi) is 5.39. The molecule has 1 aromatic carbocycles. The van der Waals surface area contributed by atoms with Crippen LogP contribution < -0.4 is 10.1 Å². The summed E-state index contributed by atoms with van der Waals surface area (Å²) < 4.78 is 5.26. The van der Waals surface area contributed by atoms with E-state index in [0.29, 0.717) is 5.88 Å². The molecular weight excluding hydrogens is 272 g/mol. The second-order valence-corrected chi connectivity index (χ2v) is 5.00. The number of hydrogen-bond donors (Lipinski definition) is 1. The lowest BCUT2D eigenvalue weighted by atomic mass is 10.0. The zero-order chi connectivity index (χ0) is 14.4. The second kappa shape index (κ2) is 7.27. The number of hydrogen-bond acceptors (Lipinski definition) is 3. The van der Waals surface area contributed by atoms with E-state index in [1.165, 1.54) is 5.56 Å². The summed E-state index contributed by atoms with van der Waals surface area (Å²) in [6.45, 7) is 2.88. The SMILES string of the molecule is CCC(NCc1cccnc1OC)c1ccc(Cl)cc1. The molecule has 0 saturated carbocycles. The van der Waals surface area contributed by atoms with Crippen LogP contribution in [0.15, 0.2) is 42.6 Å². The normalized spacial score (nSPS) is 12.2. The molecule has 0 amide bonds. The first-order valence-corrected chi connectivity index (χ1v) is 7.09. The van der Waals surface area contributed by atoms with Gasteiger partial charge in [0.1, 0.15) is 0 Å². The molecule has 1 unspecified atom stereocenters. The highest BCUT2D eigenvalue weighted by atomic mass is 35.5. The highest BCUT2D eigenvalue weighted by Crippen LogP contribution is 2.21. The number of halogens is 1. The number of pyridine rings is 1. The molecule has 0 bridgehead atoms. The van der Waals surface area contributed by atoms with Crippen LogP contribution in [0.3, 0.4) is 0 Å². The number of nitrogens with one attached hydrogen (secondary N) is 1. The van der Waals surface area contributed by atoms with E-state index in [1.807, 2.05) is 24.3 Å². The van der Waals surface area contributed by atoms with Gasteiger partial charge in [-0.25, -0.2) is 4.98 Å². The zero-order valence-corrected chi connectivity index (χ0v) is 12.5. The lowest BCUT2D eigenvalue weighted by Crippen LogP contribution is -2.20. The van der Waals surface area contributed by atoms with Gasteiger partial charge in [-0.3, -0.25) is 0 Å². The molecule has 0 spiro atoms. The Morgan fingerprint density at radius 2 is 2.00 bits per heavy atom. The summed E-state index contributed by atoms with van der Waals surface area (Å²) >= 11 is 5.93. The molecule has 3 nitrogen and oxygen atoms in total. The summed E-state index contributed by atoms with van der Waals surface area (Å²) in [5.74, 6) is 0.672. The fraction of sp³-hybridized carbons (Fsp3) is 0.312. The van der Waals surface area contributed by atoms with Gasteiger partial charge in [0.25, 0.3) is 0 Å². The van der Waals surface area contributed by atoms with Gasteiger partial charge in [-0.05, 0) is 30.2 Å². The first-order valence-electron chi connectivity index (χ1n) is 6.71. The molecule has 1 atom stereocenters. The van der Waals surface area contributed by atoms with Crippen molar-refractivity contribution < 1.29 is 4.74 Å². The van der Waals surface area contributed by atoms with Gasteiger partial charge in [0, 0.05) is 29.4 Å². The monoisotopic (exact) mass is 290 g/mol. The van der Waals surface area contributed by atoms with Crippen LogP contribution in [0.4, 0.5) is 0 Å². The number of methoxy groups -OCH3 is 1. The van der Waals surface area contributed by atoms with Gasteiger partial charge in [-0.2, -0.15) is 0 Å². The summed E-state index contributed by atoms with van der Waals surface area (Å²) in [4.78, 5) is 4.21. The van der Waals surface area contributed by atoms with Gasteiger partial charge < -0.3 is 10.1 Å². The molecule has 0 radical (unpaired) electrons. The molecule has 1 aromatic heterocycles. The van der Waals surface area contributed by atoms with Crippen molar-refractivity contribution in [2.45, 2.75) is 25.9 Å². The maximum atomic E-state index is 5.93. The van der Waals surface area contributed by atoms with E-state index < -0.39 is 0 Å². The molecule has 2 aromatic rings. The van der Waals surface area contributed by atoms with Crippen LogP contribution in [-0.2, 0) is 6.54 Å². The van der Waals surface area contributed by atoms with E-state index in [2.05, 4.69) is 29.4 Å². The molecule has 2 rings (SSSR count). The lowest BCUT2D eigenvalue weighted by molar-refractivity contribution is 0.388. The van der Waals surface area contributed by atoms with Crippen LogP contribution in [0.5, 0.6) is 5.88 Å². The van der Waals surface area contributed by atoms with Crippen LogP contribution >= 0.6 is 11.6 Å². The molecule has 1 N–H and O–H groups in total. The van der Waals surface area contributed by atoms with E-state index in [-0.39, 0.29) is 6.04 Å². The zero-order valence-electron chi connectivity index (χ0n) is 11.8. The highest BCUT2D eigenvalue weighted by Gasteiger charge is 2.10. The minimum Gasteiger partial charge on any atom is -0.481 e. The Hall–Kier alpha value is -1.58. The van der Waals surface area contributed by atoms with Crippen molar-refractivity contribution in [3.05, 3.63) is 58.7 Å². The summed E-state index contributed by atoms with van der Waals surface area (Å²) in [6.07, 6.45) is 2.74. The van der Waals surface area contributed by atoms with Crippen molar-refractivity contribution in [2.24, 2.45) is 0 Å². The smallest absolute Gasteiger partial charge is 0.217 e. The maximum Gasteiger partial charge on any atom is 0.217 e. The van der Waals surface area contributed by atoms with Gasteiger partial charge in [0.05, 0.1) is 7.11 Å². The Labute approximate surface area is 124 Å². The second-order valence-electron chi connectivity index (χ2n) is 4.57. The molecule has 0 fully saturated rings. The van der Waals surface area contributed by atoms with Gasteiger partial charge in [0.15, 0.2) is 0 Å². The van der Waals surface area contributed by atoms with Crippen LogP contribution in [0.1, 0.15) is 30.5 Å².